The molecule has 0 unspecified atom stereocenters. The van der Waals surface area contributed by atoms with Gasteiger partial charge in [-0.25, -0.2) is 0 Å². The number of hydrogen-bond donors (Lipinski definition) is 0. The molecule has 0 aliphatic heterocycles. The molecule has 0 saturated carbocycles. The first-order valence-corrected chi connectivity index (χ1v) is 36.6. The van der Waals surface area contributed by atoms with Crippen LogP contribution in [0.2, 0.25) is 0 Å². The van der Waals surface area contributed by atoms with Gasteiger partial charge in [0.1, 0.15) is 0 Å². The second-order valence-electron chi connectivity index (χ2n) is 29.7. The molecule has 21 rings (SSSR count). The summed E-state index contributed by atoms with van der Waals surface area (Å²) in [5.41, 5.74) is 28.6. The molecule has 488 valence electrons. The van der Waals surface area contributed by atoms with E-state index in [1.807, 2.05) is 0 Å². The van der Waals surface area contributed by atoms with Crippen LogP contribution in [0.4, 0.5) is 0 Å². The van der Waals surface area contributed by atoms with Gasteiger partial charge in [0, 0.05) is 10.8 Å². The summed E-state index contributed by atoms with van der Waals surface area (Å²) in [6.45, 7) is 9.45. The van der Waals surface area contributed by atoms with Crippen LogP contribution in [0.25, 0.3) is 186 Å². The summed E-state index contributed by atoms with van der Waals surface area (Å²) in [6.07, 6.45) is 0. The normalized spacial score (nSPS) is 13.2. The van der Waals surface area contributed by atoms with Crippen molar-refractivity contribution in [3.05, 3.63) is 386 Å². The fourth-order valence-electron chi connectivity index (χ4n) is 18.3. The minimum atomic E-state index is -0.0365. The topological polar surface area (TPSA) is 0 Å². The molecule has 0 N–H and O–H groups in total. The van der Waals surface area contributed by atoms with Gasteiger partial charge >= 0.3 is 0 Å². The van der Waals surface area contributed by atoms with Crippen molar-refractivity contribution in [3.8, 4) is 100 Å². The van der Waals surface area contributed by atoms with Gasteiger partial charge in [-0.05, 0) is 221 Å². The second-order valence-corrected chi connectivity index (χ2v) is 29.7. The van der Waals surface area contributed by atoms with Crippen molar-refractivity contribution < 1.29 is 0 Å². The highest BCUT2D eigenvalue weighted by molar-refractivity contribution is 6.26. The number of benzene rings is 19. The fraction of sp³-hybridized carbons (Fsp3) is 0.0577. The van der Waals surface area contributed by atoms with Crippen molar-refractivity contribution in [2.24, 2.45) is 0 Å². The Bertz CT molecular complexity index is 6610. The summed E-state index contributed by atoms with van der Waals surface area (Å²) in [7, 11) is 0. The minimum absolute atomic E-state index is 0.0324. The Morgan fingerprint density at radius 1 is 0.144 bits per heavy atom. The highest BCUT2D eigenvalue weighted by atomic mass is 14.4. The van der Waals surface area contributed by atoms with Crippen LogP contribution in [0.3, 0.4) is 0 Å². The first-order valence-electron chi connectivity index (χ1n) is 36.6. The molecule has 2 aliphatic rings. The zero-order chi connectivity index (χ0) is 69.4. The predicted molar refractivity (Wildman–Crippen MR) is 446 cm³/mol. The van der Waals surface area contributed by atoms with Gasteiger partial charge in [0.15, 0.2) is 0 Å². The maximum Gasteiger partial charge on any atom is 0.0159 e. The van der Waals surface area contributed by atoms with E-state index in [1.165, 1.54) is 209 Å². The molecule has 0 spiro atoms. The summed E-state index contributed by atoms with van der Waals surface area (Å²) in [5, 5.41) is 20.6. The molecule has 0 saturated heterocycles. The van der Waals surface area contributed by atoms with Gasteiger partial charge in [0.2, 0.25) is 0 Å². The Labute approximate surface area is 607 Å². The fourth-order valence-corrected chi connectivity index (χ4v) is 18.3. The average molecular weight is 1320 g/mol. The molecule has 0 fully saturated rings. The molecule has 0 heterocycles. The number of fused-ring (bicyclic) bond motifs is 17. The Morgan fingerprint density at radius 3 is 0.827 bits per heavy atom. The smallest absolute Gasteiger partial charge is 0.0159 e. The van der Waals surface area contributed by atoms with Crippen LogP contribution in [-0.2, 0) is 10.8 Å². The Morgan fingerprint density at radius 2 is 0.423 bits per heavy atom. The molecule has 2 aliphatic carbocycles. The van der Waals surface area contributed by atoms with Crippen molar-refractivity contribution in [2.45, 2.75) is 38.5 Å². The van der Waals surface area contributed by atoms with E-state index < -0.39 is 0 Å². The van der Waals surface area contributed by atoms with E-state index in [4.69, 9.17) is 0 Å². The molecule has 0 bridgehead atoms. The van der Waals surface area contributed by atoms with Gasteiger partial charge < -0.3 is 0 Å². The monoisotopic (exact) mass is 1320 g/mol. The first kappa shape index (κ1) is 61.2. The zero-order valence-electron chi connectivity index (χ0n) is 58.6. The predicted octanol–water partition coefficient (Wildman–Crippen LogP) is 28.9. The molecule has 19 aromatic carbocycles. The highest BCUT2D eigenvalue weighted by Gasteiger charge is 2.38. The molecule has 0 atom stereocenters. The molecule has 0 amide bonds. The lowest BCUT2D eigenvalue weighted by atomic mass is 9.82. The van der Waals surface area contributed by atoms with E-state index in [0.29, 0.717) is 0 Å². The Kier molecular flexibility index (Phi) is 14.1. The molecular formula is C104H72. The molecule has 0 heteroatoms. The molecular weight excluding hydrogens is 1250 g/mol. The highest BCUT2D eigenvalue weighted by Crippen LogP contribution is 2.55. The van der Waals surface area contributed by atoms with E-state index in [-0.39, 0.29) is 10.8 Å². The van der Waals surface area contributed by atoms with Crippen LogP contribution in [-0.4, -0.2) is 0 Å². The molecule has 104 heavy (non-hydrogen) atoms. The molecule has 0 nitrogen and oxygen atoms in total. The number of hydrogen-bond acceptors (Lipinski definition) is 0. The second kappa shape index (κ2) is 24.0. The Balaban J connectivity index is 0.000000139. The van der Waals surface area contributed by atoms with Crippen LogP contribution in [0.15, 0.2) is 364 Å². The van der Waals surface area contributed by atoms with E-state index >= 15 is 0 Å². The average Bonchev–Trinajstić information content (AvgIpc) is 1.52. The third kappa shape index (κ3) is 9.59. The maximum atomic E-state index is 2.43. The van der Waals surface area contributed by atoms with Crippen LogP contribution < -0.4 is 0 Å². The first-order chi connectivity index (χ1) is 51.1. The van der Waals surface area contributed by atoms with Crippen molar-refractivity contribution >= 4 is 86.2 Å². The standard InChI is InChI=1S/C53H36.C51H36/c1-53(2)48-30-28-37(32-47(48)52-39-15-6-4-13-35(39)27-31-49(52)53)33-22-24-36(25-23-33)50-43-16-7-9-18-45(43)51(46-19-10-8-17-44(46)50)42-21-11-20-40-38-14-5-3-12-34(38)26-29-41(40)42;1-51(2)46-30-29-39(32-45(46)50-40-15-7-6-14-36(40)28-31-47(50)51)35-22-26-38(27-23-35)49-43-18-10-8-16-41(43)48(42-17-9-11-19-44(42)49)37-24-20-34(21-25-37)33-12-4-3-5-13-33/h3-32H,1-2H3;3-32H,1-2H3. The SMILES string of the molecule is CC1(C)c2ccc(-c3ccc(-c4c5ccccc5c(-c5ccc(-c6ccccc6)cc5)c5ccccc45)cc3)cc2-c2c1ccc1ccccc21.CC1(C)c2ccc(-c3ccc(-c4c5ccccc5c(-c5cccc6c5ccc5ccccc56)c5ccccc45)cc3)cc2-c2c1ccc1ccccc21. The van der Waals surface area contributed by atoms with Crippen molar-refractivity contribution in [3.63, 3.8) is 0 Å². The summed E-state index contributed by atoms with van der Waals surface area (Å²) in [4.78, 5) is 0. The Hall–Kier alpha value is -12.7. The van der Waals surface area contributed by atoms with Crippen LogP contribution in [0, 0.1) is 0 Å². The quantitative estimate of drug-likeness (QED) is 0.110. The van der Waals surface area contributed by atoms with Gasteiger partial charge in [0.25, 0.3) is 0 Å². The number of rotatable bonds is 7. The lowest BCUT2D eigenvalue weighted by molar-refractivity contribution is 0.661. The van der Waals surface area contributed by atoms with E-state index in [9.17, 15) is 0 Å². The zero-order valence-corrected chi connectivity index (χ0v) is 58.6. The van der Waals surface area contributed by atoms with Crippen LogP contribution in [0.5, 0.6) is 0 Å². The third-order valence-electron chi connectivity index (χ3n) is 23.3. The lowest BCUT2D eigenvalue weighted by Crippen LogP contribution is -2.14. The van der Waals surface area contributed by atoms with E-state index in [1.54, 1.807) is 0 Å². The summed E-state index contributed by atoms with van der Waals surface area (Å²) >= 11 is 0. The van der Waals surface area contributed by atoms with Gasteiger partial charge in [-0.2, -0.15) is 0 Å². The summed E-state index contributed by atoms with van der Waals surface area (Å²) < 4.78 is 0. The van der Waals surface area contributed by atoms with Gasteiger partial charge in [-0.1, -0.05) is 380 Å². The largest absolute Gasteiger partial charge is 0.0622 e. The summed E-state index contributed by atoms with van der Waals surface area (Å²) in [5.74, 6) is 0. The third-order valence-corrected chi connectivity index (χ3v) is 23.3. The molecule has 0 aromatic heterocycles. The molecule has 19 aromatic rings. The van der Waals surface area contributed by atoms with Gasteiger partial charge in [0.05, 0.1) is 0 Å². The van der Waals surface area contributed by atoms with E-state index in [2.05, 4.69) is 392 Å². The van der Waals surface area contributed by atoms with Crippen molar-refractivity contribution in [1.82, 2.24) is 0 Å². The van der Waals surface area contributed by atoms with Crippen molar-refractivity contribution in [2.75, 3.05) is 0 Å². The lowest BCUT2D eigenvalue weighted by Gasteiger charge is -2.21. The van der Waals surface area contributed by atoms with Crippen LogP contribution in [0.1, 0.15) is 49.9 Å². The van der Waals surface area contributed by atoms with Crippen molar-refractivity contribution in [1.29, 1.82) is 0 Å². The van der Waals surface area contributed by atoms with E-state index in [0.717, 1.165) is 0 Å². The molecule has 0 radical (unpaired) electrons. The summed E-state index contributed by atoms with van der Waals surface area (Å²) in [6, 6.07) is 135. The van der Waals surface area contributed by atoms with Crippen LogP contribution >= 0.6 is 0 Å². The minimum Gasteiger partial charge on any atom is -0.0622 e. The van der Waals surface area contributed by atoms with Gasteiger partial charge in [-0.15, -0.1) is 0 Å². The maximum absolute atomic E-state index is 2.43. The van der Waals surface area contributed by atoms with Gasteiger partial charge in [-0.3, -0.25) is 0 Å².